The van der Waals surface area contributed by atoms with Crippen LogP contribution >= 0.6 is 0 Å². The SMILES string of the molecule is C#CCCCN[C@@H](C)c1cccc(C)c1. The van der Waals surface area contributed by atoms with Crippen LogP contribution in [0.1, 0.15) is 36.9 Å². The maximum atomic E-state index is 5.20. The third-order valence-electron chi connectivity index (χ3n) is 2.49. The molecule has 0 saturated heterocycles. The van der Waals surface area contributed by atoms with E-state index >= 15 is 0 Å². The van der Waals surface area contributed by atoms with Crippen LogP contribution in [-0.2, 0) is 0 Å². The van der Waals surface area contributed by atoms with Crippen LogP contribution in [0.5, 0.6) is 0 Å². The molecule has 15 heavy (non-hydrogen) atoms. The zero-order chi connectivity index (χ0) is 11.1. The Bertz CT molecular complexity index is 335. The van der Waals surface area contributed by atoms with Gasteiger partial charge in [-0.15, -0.1) is 12.3 Å². The molecule has 1 heteroatoms. The number of rotatable bonds is 5. The third-order valence-corrected chi connectivity index (χ3v) is 2.49. The molecule has 0 amide bonds. The van der Waals surface area contributed by atoms with Gasteiger partial charge in [-0.3, -0.25) is 0 Å². The van der Waals surface area contributed by atoms with Crippen molar-refractivity contribution in [3.05, 3.63) is 35.4 Å². The Morgan fingerprint density at radius 1 is 1.47 bits per heavy atom. The molecule has 1 rings (SSSR count). The predicted molar refractivity (Wildman–Crippen MR) is 65.7 cm³/mol. The summed E-state index contributed by atoms with van der Waals surface area (Å²) in [7, 11) is 0. The lowest BCUT2D eigenvalue weighted by Gasteiger charge is -2.14. The highest BCUT2D eigenvalue weighted by Gasteiger charge is 2.03. The van der Waals surface area contributed by atoms with E-state index in [2.05, 4.69) is 49.4 Å². The Balaban J connectivity index is 2.40. The van der Waals surface area contributed by atoms with E-state index in [1.165, 1.54) is 11.1 Å². The molecule has 1 nitrogen and oxygen atoms in total. The zero-order valence-electron chi connectivity index (χ0n) is 9.59. The number of hydrogen-bond acceptors (Lipinski definition) is 1. The van der Waals surface area contributed by atoms with E-state index in [4.69, 9.17) is 6.42 Å². The standard InChI is InChI=1S/C14H19N/c1-4-5-6-10-15-13(3)14-9-7-8-12(2)11-14/h1,7-9,11,13,15H,5-6,10H2,2-3H3/t13-/m0/s1. The van der Waals surface area contributed by atoms with E-state index in [0.717, 1.165) is 19.4 Å². The molecule has 1 N–H and O–H groups in total. The van der Waals surface area contributed by atoms with Crippen LogP contribution in [0.15, 0.2) is 24.3 Å². The van der Waals surface area contributed by atoms with Gasteiger partial charge in [-0.25, -0.2) is 0 Å². The van der Waals surface area contributed by atoms with E-state index in [0.29, 0.717) is 6.04 Å². The fourth-order valence-corrected chi connectivity index (χ4v) is 1.57. The largest absolute Gasteiger partial charge is 0.310 e. The molecule has 0 aliphatic carbocycles. The van der Waals surface area contributed by atoms with Gasteiger partial charge in [0.05, 0.1) is 0 Å². The highest BCUT2D eigenvalue weighted by Crippen LogP contribution is 2.13. The summed E-state index contributed by atoms with van der Waals surface area (Å²) < 4.78 is 0. The van der Waals surface area contributed by atoms with Crippen molar-refractivity contribution < 1.29 is 0 Å². The van der Waals surface area contributed by atoms with E-state index in [-0.39, 0.29) is 0 Å². The lowest BCUT2D eigenvalue weighted by Crippen LogP contribution is -2.19. The van der Waals surface area contributed by atoms with Crippen molar-refractivity contribution in [2.45, 2.75) is 32.7 Å². The number of hydrogen-bond donors (Lipinski definition) is 1. The average Bonchev–Trinajstić information content (AvgIpc) is 2.24. The second kappa shape index (κ2) is 6.27. The quantitative estimate of drug-likeness (QED) is 0.570. The number of terminal acetylenes is 1. The number of aryl methyl sites for hydroxylation is 1. The molecule has 0 bridgehead atoms. The molecule has 1 aromatic carbocycles. The summed E-state index contributed by atoms with van der Waals surface area (Å²) in [5.74, 6) is 2.65. The van der Waals surface area contributed by atoms with Gasteiger partial charge in [-0.1, -0.05) is 29.8 Å². The monoisotopic (exact) mass is 201 g/mol. The Kier molecular flexibility index (Phi) is 4.93. The van der Waals surface area contributed by atoms with Crippen LogP contribution in [0, 0.1) is 19.3 Å². The van der Waals surface area contributed by atoms with Gasteiger partial charge in [0.25, 0.3) is 0 Å². The molecule has 0 unspecified atom stereocenters. The summed E-state index contributed by atoms with van der Waals surface area (Å²) >= 11 is 0. The molecule has 0 radical (unpaired) electrons. The summed E-state index contributed by atoms with van der Waals surface area (Å²) in [6, 6.07) is 9.01. The maximum Gasteiger partial charge on any atom is 0.0291 e. The molecule has 1 atom stereocenters. The van der Waals surface area contributed by atoms with Gasteiger partial charge in [0.15, 0.2) is 0 Å². The van der Waals surface area contributed by atoms with Crippen LogP contribution in [0.4, 0.5) is 0 Å². The summed E-state index contributed by atoms with van der Waals surface area (Å²) in [6.45, 7) is 5.29. The van der Waals surface area contributed by atoms with Crippen molar-refractivity contribution >= 4 is 0 Å². The molecule has 0 fully saturated rings. The van der Waals surface area contributed by atoms with E-state index in [9.17, 15) is 0 Å². The molecular weight excluding hydrogens is 182 g/mol. The summed E-state index contributed by atoms with van der Waals surface area (Å²) in [5.41, 5.74) is 2.65. The summed E-state index contributed by atoms with van der Waals surface area (Å²) in [5, 5.41) is 3.47. The lowest BCUT2D eigenvalue weighted by atomic mass is 10.1. The van der Waals surface area contributed by atoms with Crippen LogP contribution < -0.4 is 5.32 Å². The minimum absolute atomic E-state index is 0.405. The fraction of sp³-hybridized carbons (Fsp3) is 0.429. The average molecular weight is 201 g/mol. The van der Waals surface area contributed by atoms with E-state index in [1.54, 1.807) is 0 Å². The maximum absolute atomic E-state index is 5.20. The van der Waals surface area contributed by atoms with E-state index in [1.807, 2.05) is 0 Å². The number of benzene rings is 1. The van der Waals surface area contributed by atoms with Crippen molar-refractivity contribution in [3.63, 3.8) is 0 Å². The first-order valence-corrected chi connectivity index (χ1v) is 5.47. The van der Waals surface area contributed by atoms with Crippen LogP contribution in [0.3, 0.4) is 0 Å². The fourth-order valence-electron chi connectivity index (χ4n) is 1.57. The molecule has 0 heterocycles. The third kappa shape index (κ3) is 4.18. The van der Waals surface area contributed by atoms with Crippen molar-refractivity contribution in [1.82, 2.24) is 5.32 Å². The van der Waals surface area contributed by atoms with Gasteiger partial charge in [0.2, 0.25) is 0 Å². The first-order chi connectivity index (χ1) is 7.24. The molecule has 80 valence electrons. The smallest absolute Gasteiger partial charge is 0.0291 e. The highest BCUT2D eigenvalue weighted by molar-refractivity contribution is 5.24. The van der Waals surface area contributed by atoms with Crippen molar-refractivity contribution in [3.8, 4) is 12.3 Å². The van der Waals surface area contributed by atoms with Gasteiger partial charge in [-0.2, -0.15) is 0 Å². The van der Waals surface area contributed by atoms with Crippen LogP contribution in [-0.4, -0.2) is 6.54 Å². The molecule has 1 aromatic rings. The topological polar surface area (TPSA) is 12.0 Å². The first-order valence-electron chi connectivity index (χ1n) is 5.47. The molecule has 0 aliphatic rings. The van der Waals surface area contributed by atoms with Crippen LogP contribution in [0.2, 0.25) is 0 Å². The minimum Gasteiger partial charge on any atom is -0.310 e. The Labute approximate surface area is 92.9 Å². The number of nitrogens with one attached hydrogen (secondary N) is 1. The summed E-state index contributed by atoms with van der Waals surface area (Å²) in [4.78, 5) is 0. The second-order valence-corrected chi connectivity index (χ2v) is 3.90. The van der Waals surface area contributed by atoms with Gasteiger partial charge < -0.3 is 5.32 Å². The normalized spacial score (nSPS) is 12.1. The van der Waals surface area contributed by atoms with Crippen molar-refractivity contribution in [2.24, 2.45) is 0 Å². The molecule has 0 aromatic heterocycles. The molecule has 0 spiro atoms. The van der Waals surface area contributed by atoms with Gasteiger partial charge in [0, 0.05) is 12.5 Å². The van der Waals surface area contributed by atoms with Crippen molar-refractivity contribution in [1.29, 1.82) is 0 Å². The van der Waals surface area contributed by atoms with E-state index < -0.39 is 0 Å². The highest BCUT2D eigenvalue weighted by atomic mass is 14.9. The lowest BCUT2D eigenvalue weighted by molar-refractivity contribution is 0.562. The summed E-state index contributed by atoms with van der Waals surface area (Å²) in [6.07, 6.45) is 7.10. The Morgan fingerprint density at radius 3 is 2.93 bits per heavy atom. The molecular formula is C14H19N. The van der Waals surface area contributed by atoms with Crippen LogP contribution in [0.25, 0.3) is 0 Å². The van der Waals surface area contributed by atoms with Crippen molar-refractivity contribution in [2.75, 3.05) is 6.54 Å². The number of unbranched alkanes of at least 4 members (excludes halogenated alkanes) is 1. The Hall–Kier alpha value is -1.26. The molecule has 0 saturated carbocycles. The second-order valence-electron chi connectivity index (χ2n) is 3.90. The Morgan fingerprint density at radius 2 is 2.27 bits per heavy atom. The van der Waals surface area contributed by atoms with Gasteiger partial charge >= 0.3 is 0 Å². The predicted octanol–water partition coefficient (Wildman–Crippen LogP) is 3.06. The minimum atomic E-state index is 0.405. The molecule has 0 aliphatic heterocycles. The first kappa shape index (κ1) is 11.8. The zero-order valence-corrected chi connectivity index (χ0v) is 9.59. The van der Waals surface area contributed by atoms with Gasteiger partial charge in [0.1, 0.15) is 0 Å². The van der Waals surface area contributed by atoms with Gasteiger partial charge in [-0.05, 0) is 32.4 Å².